The molecule has 0 saturated heterocycles. The molecule has 3 heteroatoms. The van der Waals surface area contributed by atoms with Crippen LogP contribution in [-0.4, -0.2) is 37.5 Å². The highest BCUT2D eigenvalue weighted by atomic mass is 16.5. The molecule has 0 aromatic heterocycles. The Morgan fingerprint density at radius 1 is 1.21 bits per heavy atom. The first-order valence-electron chi connectivity index (χ1n) is 5.81. The number of nitrogens with one attached hydrogen (secondary N) is 1. The van der Waals surface area contributed by atoms with Crippen LogP contribution in [0.15, 0.2) is 0 Å². The smallest absolute Gasteiger partial charge is 0.0897 e. The van der Waals surface area contributed by atoms with Gasteiger partial charge in [-0.1, -0.05) is 0 Å². The molecule has 0 heterocycles. The van der Waals surface area contributed by atoms with Gasteiger partial charge in [0, 0.05) is 13.2 Å². The molecular formula is C11H21NO2. The number of ether oxygens (including phenoxy) is 1. The Kier molecular flexibility index (Phi) is 3.79. The molecule has 0 amide bonds. The van der Waals surface area contributed by atoms with Crippen LogP contribution in [0.1, 0.15) is 25.7 Å². The van der Waals surface area contributed by atoms with Gasteiger partial charge in [0.05, 0.1) is 12.7 Å². The zero-order chi connectivity index (χ0) is 9.80. The van der Waals surface area contributed by atoms with Gasteiger partial charge in [0.1, 0.15) is 0 Å². The van der Waals surface area contributed by atoms with Gasteiger partial charge in [0.2, 0.25) is 0 Å². The van der Waals surface area contributed by atoms with E-state index in [9.17, 15) is 5.11 Å². The molecule has 2 aliphatic rings. The molecule has 2 N–H and O–H groups in total. The molecule has 14 heavy (non-hydrogen) atoms. The molecule has 2 aliphatic carbocycles. The summed E-state index contributed by atoms with van der Waals surface area (Å²) in [6, 6.07) is 0. The lowest BCUT2D eigenvalue weighted by Gasteiger charge is -2.11. The first-order valence-corrected chi connectivity index (χ1v) is 5.81. The number of aliphatic hydroxyl groups is 1. The highest BCUT2D eigenvalue weighted by Crippen LogP contribution is 2.28. The summed E-state index contributed by atoms with van der Waals surface area (Å²) in [6.07, 6.45) is 5.03. The van der Waals surface area contributed by atoms with E-state index >= 15 is 0 Å². The van der Waals surface area contributed by atoms with E-state index in [1.54, 1.807) is 0 Å². The molecule has 0 bridgehead atoms. The van der Waals surface area contributed by atoms with Crippen LogP contribution in [0, 0.1) is 11.8 Å². The standard InChI is InChI=1S/C11H21NO2/c13-11(6-12-5-9-1-2-9)8-14-7-10-3-4-10/h9-13H,1-8H2. The predicted octanol–water partition coefficient (Wildman–Crippen LogP) is 0.773. The van der Waals surface area contributed by atoms with Crippen molar-refractivity contribution in [3.63, 3.8) is 0 Å². The summed E-state index contributed by atoms with van der Waals surface area (Å²) < 4.78 is 5.40. The van der Waals surface area contributed by atoms with Crippen molar-refractivity contribution in [1.82, 2.24) is 5.32 Å². The largest absolute Gasteiger partial charge is 0.389 e. The van der Waals surface area contributed by atoms with Crippen LogP contribution >= 0.6 is 0 Å². The van der Waals surface area contributed by atoms with E-state index in [0.717, 1.165) is 25.0 Å². The zero-order valence-corrected chi connectivity index (χ0v) is 8.74. The van der Waals surface area contributed by atoms with Crippen molar-refractivity contribution in [1.29, 1.82) is 0 Å². The van der Waals surface area contributed by atoms with Gasteiger partial charge in [-0.3, -0.25) is 0 Å². The zero-order valence-electron chi connectivity index (χ0n) is 8.74. The van der Waals surface area contributed by atoms with E-state index in [1.807, 2.05) is 0 Å². The van der Waals surface area contributed by atoms with Crippen molar-refractivity contribution in [3.05, 3.63) is 0 Å². The van der Waals surface area contributed by atoms with Crippen molar-refractivity contribution < 1.29 is 9.84 Å². The fourth-order valence-electron chi connectivity index (χ4n) is 1.49. The Morgan fingerprint density at radius 2 is 1.93 bits per heavy atom. The average Bonchev–Trinajstić information content (AvgIpc) is 2.99. The third-order valence-electron chi connectivity index (χ3n) is 2.87. The van der Waals surface area contributed by atoms with Crippen molar-refractivity contribution >= 4 is 0 Å². The SMILES string of the molecule is OC(CNCC1CC1)COCC1CC1. The monoisotopic (exact) mass is 199 g/mol. The van der Waals surface area contributed by atoms with Crippen LogP contribution < -0.4 is 5.32 Å². The maximum absolute atomic E-state index is 9.53. The first-order chi connectivity index (χ1) is 6.84. The normalized spacial score (nSPS) is 23.8. The Hall–Kier alpha value is -0.120. The fourth-order valence-corrected chi connectivity index (χ4v) is 1.49. The average molecular weight is 199 g/mol. The van der Waals surface area contributed by atoms with Crippen LogP contribution in [0.3, 0.4) is 0 Å². The summed E-state index contributed by atoms with van der Waals surface area (Å²) in [5.41, 5.74) is 0. The molecule has 2 fully saturated rings. The van der Waals surface area contributed by atoms with Crippen LogP contribution in [0.25, 0.3) is 0 Å². The van der Waals surface area contributed by atoms with Gasteiger partial charge in [-0.25, -0.2) is 0 Å². The summed E-state index contributed by atoms with van der Waals surface area (Å²) in [4.78, 5) is 0. The van der Waals surface area contributed by atoms with Crippen LogP contribution in [-0.2, 0) is 4.74 Å². The maximum atomic E-state index is 9.53. The van der Waals surface area contributed by atoms with E-state index < -0.39 is 0 Å². The van der Waals surface area contributed by atoms with E-state index in [0.29, 0.717) is 13.2 Å². The van der Waals surface area contributed by atoms with Crippen LogP contribution in [0.5, 0.6) is 0 Å². The molecule has 1 atom stereocenters. The Labute approximate surface area is 85.8 Å². The second-order valence-corrected chi connectivity index (χ2v) is 4.74. The van der Waals surface area contributed by atoms with Gasteiger partial charge in [0.25, 0.3) is 0 Å². The lowest BCUT2D eigenvalue weighted by molar-refractivity contribution is 0.0325. The van der Waals surface area contributed by atoms with Gasteiger partial charge in [-0.15, -0.1) is 0 Å². The van der Waals surface area contributed by atoms with Crippen molar-refractivity contribution in [3.8, 4) is 0 Å². The topological polar surface area (TPSA) is 41.5 Å². The highest BCUT2D eigenvalue weighted by molar-refractivity contribution is 4.76. The molecule has 0 aliphatic heterocycles. The number of hydrogen-bond acceptors (Lipinski definition) is 3. The third-order valence-corrected chi connectivity index (χ3v) is 2.87. The number of hydrogen-bond donors (Lipinski definition) is 2. The van der Waals surface area contributed by atoms with Crippen LogP contribution in [0.2, 0.25) is 0 Å². The Morgan fingerprint density at radius 3 is 2.57 bits per heavy atom. The second-order valence-electron chi connectivity index (χ2n) is 4.74. The van der Waals surface area contributed by atoms with Crippen molar-refractivity contribution in [2.45, 2.75) is 31.8 Å². The van der Waals surface area contributed by atoms with Gasteiger partial charge in [0.15, 0.2) is 0 Å². The van der Waals surface area contributed by atoms with Gasteiger partial charge >= 0.3 is 0 Å². The van der Waals surface area contributed by atoms with Gasteiger partial charge < -0.3 is 15.2 Å². The van der Waals surface area contributed by atoms with E-state index in [2.05, 4.69) is 5.32 Å². The van der Waals surface area contributed by atoms with Gasteiger partial charge in [-0.2, -0.15) is 0 Å². The third kappa shape index (κ3) is 4.40. The lowest BCUT2D eigenvalue weighted by Crippen LogP contribution is -2.31. The lowest BCUT2D eigenvalue weighted by atomic mass is 10.3. The summed E-state index contributed by atoms with van der Waals surface area (Å²) in [6.45, 7) is 3.09. The van der Waals surface area contributed by atoms with Crippen molar-refractivity contribution in [2.24, 2.45) is 11.8 Å². The van der Waals surface area contributed by atoms with Crippen molar-refractivity contribution in [2.75, 3.05) is 26.3 Å². The van der Waals surface area contributed by atoms with Gasteiger partial charge in [-0.05, 0) is 44.1 Å². The Bertz CT molecular complexity index is 149. The summed E-state index contributed by atoms with van der Waals surface area (Å²) >= 11 is 0. The fraction of sp³-hybridized carbons (Fsp3) is 1.00. The molecule has 0 spiro atoms. The van der Waals surface area contributed by atoms with Crippen LogP contribution in [0.4, 0.5) is 0 Å². The molecule has 0 aromatic carbocycles. The molecule has 82 valence electrons. The van der Waals surface area contributed by atoms with E-state index in [-0.39, 0.29) is 6.10 Å². The number of aliphatic hydroxyl groups excluding tert-OH is 1. The summed E-state index contributed by atoms with van der Waals surface area (Å²) in [5, 5.41) is 12.8. The minimum atomic E-state index is -0.326. The quantitative estimate of drug-likeness (QED) is 0.607. The molecular weight excluding hydrogens is 178 g/mol. The second kappa shape index (κ2) is 5.10. The first kappa shape index (κ1) is 10.4. The molecule has 1 unspecified atom stereocenters. The highest BCUT2D eigenvalue weighted by Gasteiger charge is 2.22. The number of rotatable bonds is 8. The molecule has 0 aromatic rings. The predicted molar refractivity (Wildman–Crippen MR) is 55.1 cm³/mol. The minimum Gasteiger partial charge on any atom is -0.389 e. The maximum Gasteiger partial charge on any atom is 0.0897 e. The minimum absolute atomic E-state index is 0.326. The van der Waals surface area contributed by atoms with E-state index in [4.69, 9.17) is 4.74 Å². The molecule has 3 nitrogen and oxygen atoms in total. The summed E-state index contributed by atoms with van der Waals surface area (Å²) in [5.74, 6) is 1.68. The molecule has 2 rings (SSSR count). The Balaban J connectivity index is 1.38. The van der Waals surface area contributed by atoms with E-state index in [1.165, 1.54) is 25.7 Å². The molecule has 2 saturated carbocycles. The molecule has 0 radical (unpaired) electrons. The summed E-state index contributed by atoms with van der Waals surface area (Å²) in [7, 11) is 0.